The first-order chi connectivity index (χ1) is 7.18. The Hall–Kier alpha value is -0.940. The molecule has 1 N–H and O–H groups in total. The third-order valence-electron chi connectivity index (χ3n) is 2.52. The van der Waals surface area contributed by atoms with Crippen LogP contribution in [0.15, 0.2) is 5.38 Å². The van der Waals surface area contributed by atoms with Crippen molar-refractivity contribution in [2.75, 3.05) is 6.61 Å². The van der Waals surface area contributed by atoms with E-state index >= 15 is 0 Å². The fourth-order valence-corrected chi connectivity index (χ4v) is 2.69. The van der Waals surface area contributed by atoms with Crippen LogP contribution in [0.5, 0.6) is 0 Å². The summed E-state index contributed by atoms with van der Waals surface area (Å²) in [6.45, 7) is 2.53. The van der Waals surface area contributed by atoms with E-state index in [1.165, 1.54) is 11.3 Å². The summed E-state index contributed by atoms with van der Waals surface area (Å²) in [5.74, 6) is -1.23. The van der Waals surface area contributed by atoms with Crippen LogP contribution >= 0.6 is 11.3 Å². The summed E-state index contributed by atoms with van der Waals surface area (Å²) in [5.41, 5.74) is 0.924. The fourth-order valence-electron chi connectivity index (χ4n) is 1.78. The molecule has 0 aromatic carbocycles. The number of aliphatic carboxylic acids is 1. The highest BCUT2D eigenvalue weighted by Crippen LogP contribution is 2.35. The molecule has 0 amide bonds. The van der Waals surface area contributed by atoms with Crippen LogP contribution in [-0.2, 0) is 9.53 Å². The second kappa shape index (κ2) is 4.28. The molecule has 1 saturated heterocycles. The number of hydrogen-bond donors (Lipinski definition) is 1. The number of thiazole rings is 1. The van der Waals surface area contributed by atoms with Crippen LogP contribution in [0, 0.1) is 12.8 Å². The number of aromatic nitrogens is 1. The topological polar surface area (TPSA) is 59.4 Å². The van der Waals surface area contributed by atoms with Crippen molar-refractivity contribution in [1.82, 2.24) is 4.98 Å². The first-order valence-electron chi connectivity index (χ1n) is 4.95. The van der Waals surface area contributed by atoms with E-state index in [0.717, 1.165) is 17.1 Å². The van der Waals surface area contributed by atoms with Gasteiger partial charge in [-0.15, -0.1) is 11.3 Å². The highest BCUT2D eigenvalue weighted by Gasteiger charge is 2.34. The molecule has 1 aromatic heterocycles. The van der Waals surface area contributed by atoms with E-state index < -0.39 is 11.9 Å². The molecule has 1 aromatic rings. The minimum absolute atomic E-state index is 0.352. The van der Waals surface area contributed by atoms with Gasteiger partial charge in [0, 0.05) is 17.7 Å². The molecule has 0 saturated carbocycles. The van der Waals surface area contributed by atoms with Gasteiger partial charge in [0.15, 0.2) is 0 Å². The summed E-state index contributed by atoms with van der Waals surface area (Å²) in [7, 11) is 0. The summed E-state index contributed by atoms with van der Waals surface area (Å²) in [4.78, 5) is 15.3. The van der Waals surface area contributed by atoms with E-state index in [-0.39, 0.29) is 6.10 Å². The van der Waals surface area contributed by atoms with Crippen LogP contribution in [0.25, 0.3) is 0 Å². The van der Waals surface area contributed by atoms with E-state index in [9.17, 15) is 4.79 Å². The number of aryl methyl sites for hydroxylation is 1. The van der Waals surface area contributed by atoms with Gasteiger partial charge in [0.1, 0.15) is 11.1 Å². The monoisotopic (exact) mass is 227 g/mol. The zero-order chi connectivity index (χ0) is 10.8. The lowest BCUT2D eigenvalue weighted by Gasteiger charge is -2.27. The van der Waals surface area contributed by atoms with Gasteiger partial charge < -0.3 is 9.84 Å². The Morgan fingerprint density at radius 1 is 1.73 bits per heavy atom. The van der Waals surface area contributed by atoms with Crippen LogP contribution in [-0.4, -0.2) is 22.7 Å². The highest BCUT2D eigenvalue weighted by atomic mass is 32.1. The number of ether oxygens (including phenoxy) is 1. The zero-order valence-electron chi connectivity index (χ0n) is 8.47. The minimum Gasteiger partial charge on any atom is -0.481 e. The maximum atomic E-state index is 11.0. The zero-order valence-corrected chi connectivity index (χ0v) is 9.29. The fraction of sp³-hybridized carbons (Fsp3) is 0.600. The van der Waals surface area contributed by atoms with Gasteiger partial charge in [0.2, 0.25) is 0 Å². The smallest absolute Gasteiger partial charge is 0.309 e. The Balaban J connectivity index is 2.21. The van der Waals surface area contributed by atoms with Crippen LogP contribution in [0.2, 0.25) is 0 Å². The van der Waals surface area contributed by atoms with Gasteiger partial charge in [0.25, 0.3) is 0 Å². The predicted molar refractivity (Wildman–Crippen MR) is 55.9 cm³/mol. The van der Waals surface area contributed by atoms with Gasteiger partial charge in [-0.1, -0.05) is 0 Å². The van der Waals surface area contributed by atoms with Crippen LogP contribution < -0.4 is 0 Å². The van der Waals surface area contributed by atoms with Crippen molar-refractivity contribution in [1.29, 1.82) is 0 Å². The van der Waals surface area contributed by atoms with Crippen molar-refractivity contribution >= 4 is 17.3 Å². The van der Waals surface area contributed by atoms with Crippen LogP contribution in [0.3, 0.4) is 0 Å². The molecule has 0 spiro atoms. The third kappa shape index (κ3) is 2.18. The molecule has 1 fully saturated rings. The quantitative estimate of drug-likeness (QED) is 0.839. The number of nitrogens with zero attached hydrogens (tertiary/aromatic N) is 1. The van der Waals surface area contributed by atoms with Crippen LogP contribution in [0.4, 0.5) is 0 Å². The molecular weight excluding hydrogens is 214 g/mol. The highest BCUT2D eigenvalue weighted by molar-refractivity contribution is 7.09. The van der Waals surface area contributed by atoms with E-state index in [2.05, 4.69) is 4.98 Å². The lowest BCUT2D eigenvalue weighted by Crippen LogP contribution is -2.28. The maximum Gasteiger partial charge on any atom is 0.309 e. The molecule has 0 aliphatic carbocycles. The molecule has 0 radical (unpaired) electrons. The summed E-state index contributed by atoms with van der Waals surface area (Å²) < 4.78 is 5.52. The van der Waals surface area contributed by atoms with Crippen molar-refractivity contribution in [3.63, 3.8) is 0 Å². The summed E-state index contributed by atoms with van der Waals surface area (Å²) in [6.07, 6.45) is 1.14. The van der Waals surface area contributed by atoms with Crippen molar-refractivity contribution in [3.8, 4) is 0 Å². The summed E-state index contributed by atoms with van der Waals surface area (Å²) >= 11 is 1.48. The molecule has 2 unspecified atom stereocenters. The summed E-state index contributed by atoms with van der Waals surface area (Å²) in [5, 5.41) is 11.8. The second-order valence-electron chi connectivity index (χ2n) is 3.71. The van der Waals surface area contributed by atoms with E-state index in [0.29, 0.717) is 13.0 Å². The Kier molecular flexibility index (Phi) is 3.02. The first-order valence-corrected chi connectivity index (χ1v) is 5.83. The number of carboxylic acid groups (broad SMARTS) is 1. The minimum atomic E-state index is -0.785. The van der Waals surface area contributed by atoms with Gasteiger partial charge >= 0.3 is 5.97 Å². The summed E-state index contributed by atoms with van der Waals surface area (Å²) in [6, 6.07) is 0. The molecule has 15 heavy (non-hydrogen) atoms. The molecule has 1 aliphatic heterocycles. The molecule has 2 rings (SSSR count). The van der Waals surface area contributed by atoms with Crippen molar-refractivity contribution in [3.05, 3.63) is 16.1 Å². The van der Waals surface area contributed by atoms with Crippen molar-refractivity contribution < 1.29 is 14.6 Å². The van der Waals surface area contributed by atoms with E-state index in [4.69, 9.17) is 9.84 Å². The van der Waals surface area contributed by atoms with Crippen LogP contribution in [0.1, 0.15) is 29.6 Å². The number of carboxylic acids is 1. The standard InChI is InChI=1S/C10H13NO3S/c1-6-5-15-9(11-6)8-7(10(12)13)3-2-4-14-8/h5,7-8H,2-4H2,1H3,(H,12,13). The first kappa shape index (κ1) is 10.6. The Morgan fingerprint density at radius 2 is 2.53 bits per heavy atom. The normalized spacial score (nSPS) is 26.5. The second-order valence-corrected chi connectivity index (χ2v) is 4.60. The Morgan fingerprint density at radius 3 is 3.13 bits per heavy atom. The SMILES string of the molecule is Cc1csc(C2OCCCC2C(=O)O)n1. The van der Waals surface area contributed by atoms with E-state index in [1.54, 1.807) is 0 Å². The predicted octanol–water partition coefficient (Wildman–Crippen LogP) is 2.00. The van der Waals surface area contributed by atoms with Gasteiger partial charge in [-0.2, -0.15) is 0 Å². The largest absolute Gasteiger partial charge is 0.481 e. The molecule has 5 heteroatoms. The molecule has 2 heterocycles. The molecule has 0 bridgehead atoms. The van der Waals surface area contributed by atoms with E-state index in [1.807, 2.05) is 12.3 Å². The van der Waals surface area contributed by atoms with Gasteiger partial charge in [-0.3, -0.25) is 4.79 Å². The molecule has 4 nitrogen and oxygen atoms in total. The molecule has 2 atom stereocenters. The van der Waals surface area contributed by atoms with Gasteiger partial charge in [0.05, 0.1) is 5.92 Å². The average Bonchev–Trinajstić information content (AvgIpc) is 2.65. The number of hydrogen-bond acceptors (Lipinski definition) is 4. The van der Waals surface area contributed by atoms with Gasteiger partial charge in [-0.25, -0.2) is 4.98 Å². The average molecular weight is 227 g/mol. The van der Waals surface area contributed by atoms with Gasteiger partial charge in [-0.05, 0) is 19.8 Å². The lowest BCUT2D eigenvalue weighted by molar-refractivity contribution is -0.151. The Bertz CT molecular complexity index is 363. The van der Waals surface area contributed by atoms with Crippen molar-refractivity contribution in [2.45, 2.75) is 25.9 Å². The molecule has 1 aliphatic rings. The lowest BCUT2D eigenvalue weighted by atomic mass is 9.95. The molecule has 82 valence electrons. The Labute approximate surface area is 91.9 Å². The number of carbonyl (C=O) groups is 1. The third-order valence-corrected chi connectivity index (χ3v) is 3.54. The number of rotatable bonds is 2. The molecular formula is C10H13NO3S. The maximum absolute atomic E-state index is 11.0. The van der Waals surface area contributed by atoms with Crippen molar-refractivity contribution in [2.24, 2.45) is 5.92 Å².